The van der Waals surface area contributed by atoms with Gasteiger partial charge in [0, 0.05) is 12.1 Å². The van der Waals surface area contributed by atoms with Gasteiger partial charge in [0.25, 0.3) is 11.8 Å². The number of ether oxygens (including phenoxy) is 1. The predicted molar refractivity (Wildman–Crippen MR) is 97.9 cm³/mol. The van der Waals surface area contributed by atoms with E-state index in [0.717, 1.165) is 12.0 Å². The molecule has 1 amide bonds. The number of amides is 1. The van der Waals surface area contributed by atoms with E-state index in [0.29, 0.717) is 23.7 Å². The third kappa shape index (κ3) is 3.75. The van der Waals surface area contributed by atoms with Crippen molar-refractivity contribution in [2.24, 2.45) is 0 Å². The van der Waals surface area contributed by atoms with Crippen molar-refractivity contribution in [3.05, 3.63) is 58.6 Å². The quantitative estimate of drug-likeness (QED) is 0.629. The average Bonchev–Trinajstić information content (AvgIpc) is 3.47. The van der Waals surface area contributed by atoms with Gasteiger partial charge in [0.15, 0.2) is 6.61 Å². The van der Waals surface area contributed by atoms with Crippen LogP contribution in [0.2, 0.25) is 0 Å². The van der Waals surface area contributed by atoms with Crippen LogP contribution in [0.5, 0.6) is 0 Å². The largest absolute Gasteiger partial charge is 0.454 e. The van der Waals surface area contributed by atoms with Gasteiger partial charge in [-0.3, -0.25) is 4.79 Å². The Morgan fingerprint density at radius 3 is 2.81 bits per heavy atom. The highest BCUT2D eigenvalue weighted by molar-refractivity contribution is 7.12. The molecule has 1 fully saturated rings. The molecule has 0 spiro atoms. The number of likely N-dealkylation sites (tertiary alicyclic amines) is 1. The summed E-state index contributed by atoms with van der Waals surface area (Å²) >= 11 is 1.37. The number of aromatic nitrogens is 2. The van der Waals surface area contributed by atoms with E-state index in [4.69, 9.17) is 9.15 Å². The highest BCUT2D eigenvalue weighted by Crippen LogP contribution is 2.24. The lowest BCUT2D eigenvalue weighted by atomic mass is 10.2. The summed E-state index contributed by atoms with van der Waals surface area (Å²) in [5.74, 6) is 0.0128. The lowest BCUT2D eigenvalue weighted by Gasteiger charge is -2.22. The molecule has 0 saturated carbocycles. The molecule has 3 aromatic rings. The van der Waals surface area contributed by atoms with Crippen LogP contribution >= 0.6 is 11.3 Å². The second-order valence-corrected chi connectivity index (χ2v) is 7.06. The molecule has 4 rings (SSSR count). The Morgan fingerprint density at radius 2 is 2.04 bits per heavy atom. The third-order valence-corrected chi connectivity index (χ3v) is 5.20. The molecule has 1 aromatic carbocycles. The monoisotopic (exact) mass is 383 g/mol. The third-order valence-electron chi connectivity index (χ3n) is 4.34. The molecule has 138 valence electrons. The first-order valence-corrected chi connectivity index (χ1v) is 9.49. The molecule has 1 atom stereocenters. The fraction of sp³-hybridized carbons (Fsp3) is 0.263. The summed E-state index contributed by atoms with van der Waals surface area (Å²) in [5.41, 5.74) is 0.797. The molecule has 7 nitrogen and oxygen atoms in total. The molecular formula is C19H17N3O4S. The van der Waals surface area contributed by atoms with E-state index in [1.807, 2.05) is 41.8 Å². The second-order valence-electron chi connectivity index (χ2n) is 6.11. The Bertz CT molecular complexity index is 924. The number of carbonyl (C=O) groups excluding carboxylic acids is 2. The highest BCUT2D eigenvalue weighted by Gasteiger charge is 2.36. The van der Waals surface area contributed by atoms with Crippen LogP contribution in [0.25, 0.3) is 11.5 Å². The van der Waals surface area contributed by atoms with Crippen molar-refractivity contribution in [3.63, 3.8) is 0 Å². The minimum atomic E-state index is -0.573. The summed E-state index contributed by atoms with van der Waals surface area (Å²) < 4.78 is 10.9. The van der Waals surface area contributed by atoms with Crippen LogP contribution in [0, 0.1) is 0 Å². The number of nitrogens with zero attached hydrogens (tertiary/aromatic N) is 3. The van der Waals surface area contributed by atoms with Gasteiger partial charge in [-0.1, -0.05) is 24.3 Å². The van der Waals surface area contributed by atoms with Gasteiger partial charge in [-0.05, 0) is 36.4 Å². The van der Waals surface area contributed by atoms with Gasteiger partial charge in [0.05, 0.1) is 4.88 Å². The molecule has 0 aliphatic carbocycles. The van der Waals surface area contributed by atoms with Crippen molar-refractivity contribution >= 4 is 23.2 Å². The van der Waals surface area contributed by atoms with Crippen molar-refractivity contribution in [3.8, 4) is 11.5 Å². The van der Waals surface area contributed by atoms with Gasteiger partial charge in [0.1, 0.15) is 6.04 Å². The van der Waals surface area contributed by atoms with E-state index in [2.05, 4.69) is 10.2 Å². The Kier molecular flexibility index (Phi) is 4.97. The summed E-state index contributed by atoms with van der Waals surface area (Å²) in [6.07, 6.45) is 1.37. The Morgan fingerprint density at radius 1 is 1.19 bits per heavy atom. The molecule has 1 aliphatic rings. The minimum Gasteiger partial charge on any atom is -0.454 e. The first-order valence-electron chi connectivity index (χ1n) is 8.61. The maximum Gasteiger partial charge on any atom is 0.329 e. The summed E-state index contributed by atoms with van der Waals surface area (Å²) in [7, 11) is 0. The van der Waals surface area contributed by atoms with Crippen LogP contribution in [0.15, 0.2) is 52.3 Å². The van der Waals surface area contributed by atoms with Crippen molar-refractivity contribution in [1.29, 1.82) is 0 Å². The predicted octanol–water partition coefficient (Wildman–Crippen LogP) is 3.15. The number of hydrogen-bond acceptors (Lipinski definition) is 7. The molecule has 1 aliphatic heterocycles. The highest BCUT2D eigenvalue weighted by atomic mass is 32.1. The first-order chi connectivity index (χ1) is 13.2. The fourth-order valence-electron chi connectivity index (χ4n) is 3.03. The Hall–Kier alpha value is -3.00. The number of thiophene rings is 1. The van der Waals surface area contributed by atoms with E-state index < -0.39 is 12.0 Å². The van der Waals surface area contributed by atoms with E-state index >= 15 is 0 Å². The number of esters is 1. The van der Waals surface area contributed by atoms with Crippen LogP contribution in [-0.4, -0.2) is 39.6 Å². The smallest absolute Gasteiger partial charge is 0.329 e. The van der Waals surface area contributed by atoms with Gasteiger partial charge in [-0.15, -0.1) is 21.5 Å². The lowest BCUT2D eigenvalue weighted by molar-refractivity contribution is -0.150. The number of benzene rings is 1. The summed E-state index contributed by atoms with van der Waals surface area (Å²) in [5, 5.41) is 9.72. The normalized spacial score (nSPS) is 16.4. The van der Waals surface area contributed by atoms with Crippen molar-refractivity contribution < 1.29 is 18.7 Å². The second kappa shape index (κ2) is 7.71. The van der Waals surface area contributed by atoms with Crippen molar-refractivity contribution in [2.45, 2.75) is 25.5 Å². The van der Waals surface area contributed by atoms with Crippen LogP contribution < -0.4 is 0 Å². The topological polar surface area (TPSA) is 85.5 Å². The zero-order valence-corrected chi connectivity index (χ0v) is 15.2. The Labute approximate surface area is 159 Å². The molecular weight excluding hydrogens is 366 g/mol. The molecule has 0 bridgehead atoms. The van der Waals surface area contributed by atoms with Gasteiger partial charge in [0.2, 0.25) is 5.89 Å². The first kappa shape index (κ1) is 17.4. The zero-order chi connectivity index (χ0) is 18.6. The van der Waals surface area contributed by atoms with Gasteiger partial charge in [-0.2, -0.15) is 0 Å². The molecule has 27 heavy (non-hydrogen) atoms. The number of hydrogen-bond donors (Lipinski definition) is 0. The molecule has 3 heterocycles. The maximum absolute atomic E-state index is 12.5. The molecule has 1 unspecified atom stereocenters. The number of carbonyl (C=O) groups is 2. The maximum atomic E-state index is 12.5. The fourth-order valence-corrected chi connectivity index (χ4v) is 3.71. The van der Waals surface area contributed by atoms with Crippen LogP contribution in [-0.2, 0) is 16.1 Å². The zero-order valence-electron chi connectivity index (χ0n) is 14.4. The van der Waals surface area contributed by atoms with E-state index in [-0.39, 0.29) is 18.4 Å². The van der Waals surface area contributed by atoms with Gasteiger partial charge in [-0.25, -0.2) is 4.79 Å². The minimum absolute atomic E-state index is 0.115. The molecule has 0 radical (unpaired) electrons. The van der Waals surface area contributed by atoms with E-state index in [1.54, 1.807) is 11.0 Å². The summed E-state index contributed by atoms with van der Waals surface area (Å²) in [6.45, 7) is 0.436. The van der Waals surface area contributed by atoms with Crippen LogP contribution in [0.4, 0.5) is 0 Å². The van der Waals surface area contributed by atoms with Crippen molar-refractivity contribution in [2.75, 3.05) is 6.54 Å². The van der Waals surface area contributed by atoms with E-state index in [9.17, 15) is 9.59 Å². The van der Waals surface area contributed by atoms with Gasteiger partial charge >= 0.3 is 5.97 Å². The Balaban J connectivity index is 1.38. The average molecular weight is 383 g/mol. The summed E-state index contributed by atoms with van der Waals surface area (Å²) in [6, 6.07) is 12.4. The van der Waals surface area contributed by atoms with Crippen molar-refractivity contribution in [1.82, 2.24) is 15.1 Å². The van der Waals surface area contributed by atoms with E-state index in [1.165, 1.54) is 11.3 Å². The molecule has 8 heteroatoms. The van der Waals surface area contributed by atoms with Crippen LogP contribution in [0.1, 0.15) is 28.4 Å². The molecule has 1 saturated heterocycles. The lowest BCUT2D eigenvalue weighted by Crippen LogP contribution is -2.41. The molecule has 2 aromatic heterocycles. The standard InChI is InChI=1S/C19H17N3O4S/c23-18(15-9-5-11-27-15)22-10-4-8-14(22)19(24)25-12-16-20-21-17(26-16)13-6-2-1-3-7-13/h1-3,5-7,9,11,14H,4,8,10,12H2. The summed E-state index contributed by atoms with van der Waals surface area (Å²) in [4.78, 5) is 27.2. The van der Waals surface area contributed by atoms with Gasteiger partial charge < -0.3 is 14.1 Å². The SMILES string of the molecule is O=C(OCc1nnc(-c2ccccc2)o1)C1CCCN1C(=O)c1cccs1. The number of rotatable bonds is 5. The molecule has 0 N–H and O–H groups in total. The van der Waals surface area contributed by atoms with Crippen LogP contribution in [0.3, 0.4) is 0 Å².